The first-order chi connectivity index (χ1) is 5.76. The van der Waals surface area contributed by atoms with E-state index in [1.807, 2.05) is 5.73 Å². The number of carbonyl (C=O) groups is 1. The average molecular weight is 159 g/mol. The largest absolute Gasteiger partial charge is 0.404 e. The van der Waals surface area contributed by atoms with Crippen molar-refractivity contribution in [1.29, 1.82) is 0 Å². The molecule has 0 aliphatic heterocycles. The normalized spacial score (nSPS) is 14.5. The molecule has 0 aromatic rings. The van der Waals surface area contributed by atoms with Gasteiger partial charge in [-0.1, -0.05) is 0 Å². The van der Waals surface area contributed by atoms with Crippen LogP contribution in [0.4, 0.5) is 0 Å². The molecule has 0 aromatic carbocycles. The lowest BCUT2D eigenvalue weighted by atomic mass is 10.2. The Bertz CT molecular complexity index is 161. The Labute approximate surface area is 68.3 Å². The summed E-state index contributed by atoms with van der Waals surface area (Å²) in [5.74, 6) is -0.0494. The number of hydrogen-bond acceptors (Lipinski definition) is 4. The highest BCUT2D eigenvalue weighted by Crippen LogP contribution is 1.84. The van der Waals surface area contributed by atoms with Crippen molar-refractivity contribution in [2.75, 3.05) is 20.6 Å². The molecule has 4 N–H and O–H groups in total. The monoisotopic (exact) mass is 159 g/mol. The summed E-state index contributed by atoms with van der Waals surface area (Å²) >= 11 is 0. The van der Waals surface area contributed by atoms with Crippen LogP contribution in [0.3, 0.4) is 0 Å². The van der Waals surface area contributed by atoms with E-state index in [4.69, 9.17) is 1.41 Å². The Hall–Kier alpha value is -0.870. The highest BCUT2D eigenvalue weighted by atomic mass is 16.1. The van der Waals surface area contributed by atoms with Gasteiger partial charge < -0.3 is 16.4 Å². The van der Waals surface area contributed by atoms with E-state index >= 15 is 0 Å². The lowest BCUT2D eigenvalue weighted by molar-refractivity contribution is -0.116. The Morgan fingerprint density at radius 3 is 3.00 bits per heavy atom. The third-order valence-corrected chi connectivity index (χ3v) is 1.35. The number of nitrogens with two attached hydrogens (primary N) is 1. The van der Waals surface area contributed by atoms with Crippen molar-refractivity contribution in [2.45, 2.75) is 6.04 Å². The average Bonchev–Trinajstić information content (AvgIpc) is 2.10. The summed E-state index contributed by atoms with van der Waals surface area (Å²) in [4.78, 5) is 11.2. The first-order valence-electron chi connectivity index (χ1n) is 3.95. The molecule has 4 nitrogen and oxygen atoms in total. The van der Waals surface area contributed by atoms with Gasteiger partial charge in [0.25, 0.3) is 0 Å². The van der Waals surface area contributed by atoms with Crippen LogP contribution in [0.1, 0.15) is 0 Å². The standard InChI is InChI=1S/C7H15N3O/c1-9-5-6(10-2)7(11)3-4-8/h3-4,6,9-10H,5,8H2,1-2H3/t6-/m0/s1/i/hT. The molecular formula is C7H15N3O. The van der Waals surface area contributed by atoms with Crippen LogP contribution < -0.4 is 16.4 Å². The predicted octanol–water partition coefficient (Wildman–Crippen LogP) is -1.16. The summed E-state index contributed by atoms with van der Waals surface area (Å²) in [5, 5.41) is 5.75. The maximum atomic E-state index is 11.2. The van der Waals surface area contributed by atoms with Gasteiger partial charge in [-0.25, -0.2) is 0 Å². The van der Waals surface area contributed by atoms with E-state index in [1.54, 1.807) is 14.1 Å². The number of hydrogen-bond donors (Lipinski definition) is 3. The molecule has 0 bridgehead atoms. The van der Waals surface area contributed by atoms with E-state index in [-0.39, 0.29) is 11.8 Å². The van der Waals surface area contributed by atoms with Crippen molar-refractivity contribution in [3.05, 3.63) is 12.3 Å². The van der Waals surface area contributed by atoms with Crippen LogP contribution in [-0.4, -0.2) is 32.5 Å². The smallest absolute Gasteiger partial charge is 0.175 e. The van der Waals surface area contributed by atoms with Crippen molar-refractivity contribution in [3.8, 4) is 0 Å². The first-order valence-corrected chi connectivity index (χ1v) is 3.45. The van der Waals surface area contributed by atoms with E-state index in [1.165, 1.54) is 12.3 Å². The Balaban J connectivity index is 3.93. The van der Waals surface area contributed by atoms with Gasteiger partial charge in [0.2, 0.25) is 0 Å². The number of rotatable bonds is 6. The van der Waals surface area contributed by atoms with Crippen molar-refractivity contribution in [2.24, 2.45) is 5.73 Å². The van der Waals surface area contributed by atoms with Gasteiger partial charge in [-0.05, 0) is 26.4 Å². The Morgan fingerprint density at radius 1 is 1.82 bits per heavy atom. The molecule has 64 valence electrons. The van der Waals surface area contributed by atoms with Gasteiger partial charge in [-0.15, -0.1) is 0 Å². The van der Waals surface area contributed by atoms with Gasteiger partial charge in [0.1, 0.15) is 0 Å². The fraction of sp³-hybridized carbons (Fsp3) is 0.571. The molecular weight excluding hydrogens is 142 g/mol. The summed E-state index contributed by atoms with van der Waals surface area (Å²) in [5.41, 5.74) is 2.02. The summed E-state index contributed by atoms with van der Waals surface area (Å²) in [6.07, 6.45) is 2.63. The van der Waals surface area contributed by atoms with E-state index in [0.717, 1.165) is 0 Å². The van der Waals surface area contributed by atoms with Crippen LogP contribution >= 0.6 is 0 Å². The third-order valence-electron chi connectivity index (χ3n) is 1.35. The summed E-state index contributed by atoms with van der Waals surface area (Å²) in [6.45, 7) is 0.581. The van der Waals surface area contributed by atoms with Crippen molar-refractivity contribution >= 4 is 5.78 Å². The van der Waals surface area contributed by atoms with Crippen LogP contribution in [0.5, 0.6) is 0 Å². The molecule has 0 fully saturated rings. The van der Waals surface area contributed by atoms with E-state index in [2.05, 4.69) is 10.6 Å². The zero-order chi connectivity index (χ0) is 9.40. The lowest BCUT2D eigenvalue weighted by Crippen LogP contribution is -2.40. The molecule has 0 saturated carbocycles. The minimum atomic E-state index is -0.223. The van der Waals surface area contributed by atoms with Crippen LogP contribution in [0.15, 0.2) is 12.3 Å². The van der Waals surface area contributed by atoms with Gasteiger partial charge in [-0.3, -0.25) is 4.79 Å². The number of ketones is 1. The van der Waals surface area contributed by atoms with Crippen molar-refractivity contribution in [1.82, 2.24) is 10.6 Å². The third kappa shape index (κ3) is 3.75. The van der Waals surface area contributed by atoms with Crippen molar-refractivity contribution < 1.29 is 6.21 Å². The van der Waals surface area contributed by atoms with E-state index in [9.17, 15) is 4.79 Å². The molecule has 0 saturated heterocycles. The molecule has 0 aliphatic rings. The first kappa shape index (κ1) is 8.23. The fourth-order valence-electron chi connectivity index (χ4n) is 0.747. The summed E-state index contributed by atoms with van der Waals surface area (Å²) in [6, 6.07) is -0.223. The molecule has 11 heavy (non-hydrogen) atoms. The fourth-order valence-corrected chi connectivity index (χ4v) is 0.747. The zero-order valence-corrected chi connectivity index (χ0v) is 6.85. The SMILES string of the molecule is [3H]NC=CC(=O)[C@H](CNC)NC. The second-order valence-electron chi connectivity index (χ2n) is 2.13. The minimum Gasteiger partial charge on any atom is -0.404 e. The molecule has 1 atom stereocenters. The molecule has 0 aromatic heterocycles. The molecule has 0 unspecified atom stereocenters. The van der Waals surface area contributed by atoms with Crippen LogP contribution in [0.2, 0.25) is 1.41 Å². The second kappa shape index (κ2) is 5.88. The van der Waals surface area contributed by atoms with Crippen LogP contribution in [0, 0.1) is 0 Å². The van der Waals surface area contributed by atoms with Gasteiger partial charge in [0.05, 0.1) is 6.04 Å². The molecule has 0 spiro atoms. The predicted molar refractivity (Wildman–Crippen MR) is 45.1 cm³/mol. The summed E-state index contributed by atoms with van der Waals surface area (Å²) in [7, 11) is 3.51. The van der Waals surface area contributed by atoms with Gasteiger partial charge in [0.15, 0.2) is 7.20 Å². The lowest BCUT2D eigenvalue weighted by Gasteiger charge is -2.10. The Morgan fingerprint density at radius 2 is 2.55 bits per heavy atom. The molecule has 0 rings (SSSR count). The molecule has 0 heterocycles. The number of likely N-dealkylation sites (N-methyl/N-ethyl adjacent to an activating group) is 2. The van der Waals surface area contributed by atoms with Gasteiger partial charge >= 0.3 is 0 Å². The van der Waals surface area contributed by atoms with Gasteiger partial charge in [-0.2, -0.15) is 0 Å². The van der Waals surface area contributed by atoms with E-state index in [0.29, 0.717) is 6.54 Å². The van der Waals surface area contributed by atoms with Crippen LogP contribution in [-0.2, 0) is 4.79 Å². The number of carbonyl (C=O) groups excluding carboxylic acids is 1. The van der Waals surface area contributed by atoms with Crippen molar-refractivity contribution in [3.63, 3.8) is 0 Å². The summed E-state index contributed by atoms with van der Waals surface area (Å²) < 4.78 is 6.57. The maximum absolute atomic E-state index is 11.2. The Kier molecular flexibility index (Phi) is 4.40. The second-order valence-corrected chi connectivity index (χ2v) is 2.13. The maximum Gasteiger partial charge on any atom is 0.175 e. The topological polar surface area (TPSA) is 67.2 Å². The quantitative estimate of drug-likeness (QED) is 0.427. The minimum absolute atomic E-state index is 0.0494. The highest BCUT2D eigenvalue weighted by Gasteiger charge is 2.10. The molecule has 0 amide bonds. The molecule has 0 aliphatic carbocycles. The molecule has 0 radical (unpaired) electrons. The van der Waals surface area contributed by atoms with Crippen LogP contribution in [0.25, 0.3) is 0 Å². The zero-order valence-electron chi connectivity index (χ0n) is 7.85. The molecule has 4 heteroatoms. The number of nitrogens with one attached hydrogen (secondary N) is 2. The van der Waals surface area contributed by atoms with E-state index < -0.39 is 0 Å². The highest BCUT2D eigenvalue weighted by molar-refractivity contribution is 5.94. The van der Waals surface area contributed by atoms with Gasteiger partial charge in [0, 0.05) is 6.54 Å².